The van der Waals surface area contributed by atoms with Crippen LogP contribution in [0.3, 0.4) is 0 Å². The Morgan fingerprint density at radius 2 is 1.84 bits per heavy atom. The molecule has 0 spiro atoms. The fourth-order valence-corrected chi connectivity index (χ4v) is 3.05. The molecule has 4 aromatic rings. The fourth-order valence-electron chi connectivity index (χ4n) is 3.05. The summed E-state index contributed by atoms with van der Waals surface area (Å²) in [5.74, 6) is 0.959. The third kappa shape index (κ3) is 4.28. The van der Waals surface area contributed by atoms with Crippen molar-refractivity contribution in [1.82, 2.24) is 14.7 Å². The maximum Gasteiger partial charge on any atom is 0.289 e. The first-order valence-electron chi connectivity index (χ1n) is 9.65. The molecule has 2 aromatic carbocycles. The van der Waals surface area contributed by atoms with Gasteiger partial charge in [-0.1, -0.05) is 17.7 Å². The van der Waals surface area contributed by atoms with Crippen molar-refractivity contribution >= 4 is 28.6 Å². The molecular weight excluding hydrogens is 396 g/mol. The number of rotatable bonds is 5. The van der Waals surface area contributed by atoms with Gasteiger partial charge in [-0.15, -0.1) is 0 Å². The number of amides is 2. The minimum atomic E-state index is -0.369. The van der Waals surface area contributed by atoms with Crippen LogP contribution in [-0.4, -0.2) is 40.6 Å². The van der Waals surface area contributed by atoms with Crippen LogP contribution >= 0.6 is 0 Å². The summed E-state index contributed by atoms with van der Waals surface area (Å²) >= 11 is 0. The molecule has 1 N–H and O–H groups in total. The average Bonchev–Trinajstić information content (AvgIpc) is 3.35. The van der Waals surface area contributed by atoms with Crippen LogP contribution in [0.1, 0.15) is 26.5 Å². The van der Waals surface area contributed by atoms with Crippen molar-refractivity contribution in [1.29, 1.82) is 0 Å². The van der Waals surface area contributed by atoms with E-state index in [9.17, 15) is 9.59 Å². The molecule has 0 atom stereocenters. The van der Waals surface area contributed by atoms with E-state index in [0.717, 1.165) is 5.56 Å². The Labute approximate surface area is 179 Å². The molecule has 4 rings (SSSR count). The highest BCUT2D eigenvalue weighted by atomic mass is 16.5. The van der Waals surface area contributed by atoms with Crippen LogP contribution < -0.4 is 10.1 Å². The van der Waals surface area contributed by atoms with Gasteiger partial charge in [0.2, 0.25) is 0 Å². The van der Waals surface area contributed by atoms with Gasteiger partial charge in [0.15, 0.2) is 11.6 Å². The number of aryl methyl sites for hydroxylation is 2. The summed E-state index contributed by atoms with van der Waals surface area (Å²) in [6, 6.07) is 14.1. The zero-order valence-corrected chi connectivity index (χ0v) is 17.7. The molecule has 0 bridgehead atoms. The van der Waals surface area contributed by atoms with Gasteiger partial charge in [-0.3, -0.25) is 14.3 Å². The smallest absolute Gasteiger partial charge is 0.289 e. The van der Waals surface area contributed by atoms with Gasteiger partial charge in [-0.05, 0) is 31.2 Å². The molecule has 2 amide bonds. The molecule has 0 aliphatic rings. The Morgan fingerprint density at radius 3 is 2.48 bits per heavy atom. The lowest BCUT2D eigenvalue weighted by molar-refractivity contribution is 0.0799. The first-order chi connectivity index (χ1) is 14.8. The lowest BCUT2D eigenvalue weighted by atomic mass is 10.1. The summed E-state index contributed by atoms with van der Waals surface area (Å²) in [7, 11) is 5.05. The molecule has 0 aliphatic carbocycles. The Morgan fingerprint density at radius 1 is 1.10 bits per heavy atom. The van der Waals surface area contributed by atoms with Crippen molar-refractivity contribution in [2.75, 3.05) is 19.4 Å². The van der Waals surface area contributed by atoms with Crippen molar-refractivity contribution < 1.29 is 18.7 Å². The van der Waals surface area contributed by atoms with Crippen LogP contribution in [0, 0.1) is 6.92 Å². The Kier molecular flexibility index (Phi) is 5.21. The van der Waals surface area contributed by atoms with Crippen LogP contribution in [0.15, 0.2) is 59.1 Å². The molecule has 8 heteroatoms. The molecular formula is C23H22N4O4. The average molecular weight is 418 g/mol. The summed E-state index contributed by atoms with van der Waals surface area (Å²) in [6.45, 7) is 1.99. The third-order valence-corrected chi connectivity index (χ3v) is 4.68. The standard InChI is InChI=1S/C23H22N4O4/c1-14-5-7-16(8-6-14)30-18-11-15(22(28)24-21-9-10-27(4)25-21)12-19-17(18)13-20(31-19)23(29)26(2)3/h5-13H,1-4H3,(H,24,25,28). The van der Waals surface area contributed by atoms with Crippen molar-refractivity contribution in [3.05, 3.63) is 71.6 Å². The first-order valence-corrected chi connectivity index (χ1v) is 9.65. The van der Waals surface area contributed by atoms with Crippen LogP contribution in [-0.2, 0) is 7.05 Å². The molecule has 0 saturated carbocycles. The summed E-state index contributed by atoms with van der Waals surface area (Å²) in [4.78, 5) is 26.6. The summed E-state index contributed by atoms with van der Waals surface area (Å²) in [5.41, 5.74) is 1.79. The van der Waals surface area contributed by atoms with Crippen molar-refractivity contribution in [2.24, 2.45) is 7.05 Å². The SMILES string of the molecule is Cc1ccc(Oc2cc(C(=O)Nc3ccn(C)n3)cc3oc(C(=O)N(C)C)cc23)cc1. The number of hydrogen-bond donors (Lipinski definition) is 1. The van der Waals surface area contributed by atoms with Gasteiger partial charge in [-0.2, -0.15) is 5.10 Å². The number of benzene rings is 2. The maximum absolute atomic E-state index is 12.8. The number of anilines is 1. The molecule has 0 radical (unpaired) electrons. The third-order valence-electron chi connectivity index (χ3n) is 4.68. The highest BCUT2D eigenvalue weighted by molar-refractivity contribution is 6.07. The highest BCUT2D eigenvalue weighted by Crippen LogP contribution is 2.34. The summed E-state index contributed by atoms with van der Waals surface area (Å²) < 4.78 is 13.4. The largest absolute Gasteiger partial charge is 0.457 e. The predicted molar refractivity (Wildman–Crippen MR) is 117 cm³/mol. The molecule has 8 nitrogen and oxygen atoms in total. The van der Waals surface area contributed by atoms with Gasteiger partial charge in [0.25, 0.3) is 11.8 Å². The van der Waals surface area contributed by atoms with E-state index in [4.69, 9.17) is 9.15 Å². The molecule has 0 fully saturated rings. The van der Waals surface area contributed by atoms with E-state index >= 15 is 0 Å². The van der Waals surface area contributed by atoms with Gasteiger partial charge in [0, 0.05) is 45.0 Å². The lowest BCUT2D eigenvalue weighted by Crippen LogP contribution is -2.20. The van der Waals surface area contributed by atoms with Crippen LogP contribution in [0.2, 0.25) is 0 Å². The van der Waals surface area contributed by atoms with E-state index in [1.807, 2.05) is 31.2 Å². The minimum absolute atomic E-state index is 0.163. The summed E-state index contributed by atoms with van der Waals surface area (Å²) in [5, 5.41) is 7.51. The van der Waals surface area contributed by atoms with E-state index in [0.29, 0.717) is 33.8 Å². The molecule has 0 unspecified atom stereocenters. The second-order valence-corrected chi connectivity index (χ2v) is 7.44. The normalized spacial score (nSPS) is 10.8. The number of aromatic nitrogens is 2. The minimum Gasteiger partial charge on any atom is -0.457 e. The number of fused-ring (bicyclic) bond motifs is 1. The molecule has 0 aliphatic heterocycles. The van der Waals surface area contributed by atoms with Crippen LogP contribution in [0.25, 0.3) is 11.0 Å². The van der Waals surface area contributed by atoms with Crippen molar-refractivity contribution in [2.45, 2.75) is 6.92 Å². The van der Waals surface area contributed by atoms with Gasteiger partial charge in [0.05, 0.1) is 5.39 Å². The Balaban J connectivity index is 1.76. The quantitative estimate of drug-likeness (QED) is 0.524. The number of nitrogens with zero attached hydrogens (tertiary/aromatic N) is 3. The fraction of sp³-hybridized carbons (Fsp3) is 0.174. The number of hydrogen-bond acceptors (Lipinski definition) is 5. The van der Waals surface area contributed by atoms with E-state index < -0.39 is 0 Å². The number of carbonyl (C=O) groups excluding carboxylic acids is 2. The second-order valence-electron chi connectivity index (χ2n) is 7.44. The lowest BCUT2D eigenvalue weighted by Gasteiger charge is -2.09. The molecule has 158 valence electrons. The van der Waals surface area contributed by atoms with Crippen molar-refractivity contribution in [3.8, 4) is 11.5 Å². The molecule has 2 aromatic heterocycles. The number of carbonyl (C=O) groups is 2. The Hall–Kier alpha value is -4.07. The van der Waals surface area contributed by atoms with Crippen molar-refractivity contribution in [3.63, 3.8) is 0 Å². The topological polar surface area (TPSA) is 89.6 Å². The molecule has 0 saturated heterocycles. The first kappa shape index (κ1) is 20.2. The monoisotopic (exact) mass is 418 g/mol. The zero-order valence-electron chi connectivity index (χ0n) is 17.7. The number of ether oxygens (including phenoxy) is 1. The van der Waals surface area contributed by atoms with Gasteiger partial charge < -0.3 is 19.4 Å². The molecule has 31 heavy (non-hydrogen) atoms. The number of furan rings is 1. The number of nitrogens with one attached hydrogen (secondary N) is 1. The Bertz CT molecular complexity index is 1270. The van der Waals surface area contributed by atoms with E-state index in [-0.39, 0.29) is 17.6 Å². The second kappa shape index (κ2) is 7.98. The maximum atomic E-state index is 12.8. The van der Waals surface area contributed by atoms with Crippen LogP contribution in [0.5, 0.6) is 11.5 Å². The zero-order chi connectivity index (χ0) is 22.1. The van der Waals surface area contributed by atoms with Crippen LogP contribution in [0.4, 0.5) is 5.82 Å². The van der Waals surface area contributed by atoms with Gasteiger partial charge in [-0.25, -0.2) is 0 Å². The van der Waals surface area contributed by atoms with E-state index in [1.54, 1.807) is 56.3 Å². The highest BCUT2D eigenvalue weighted by Gasteiger charge is 2.20. The van der Waals surface area contributed by atoms with Gasteiger partial charge in [0.1, 0.15) is 17.1 Å². The molecule has 2 heterocycles. The predicted octanol–water partition coefficient (Wildman–Crippen LogP) is 4.22. The van der Waals surface area contributed by atoms with Gasteiger partial charge >= 0.3 is 0 Å². The van der Waals surface area contributed by atoms with E-state index in [2.05, 4.69) is 10.4 Å². The summed E-state index contributed by atoms with van der Waals surface area (Å²) in [6.07, 6.45) is 1.73. The van der Waals surface area contributed by atoms with E-state index in [1.165, 1.54) is 4.90 Å².